The van der Waals surface area contributed by atoms with Crippen molar-refractivity contribution >= 4 is 23.1 Å². The molecule has 2 aromatic rings. The van der Waals surface area contributed by atoms with Crippen molar-refractivity contribution < 1.29 is 31.0 Å². The summed E-state index contributed by atoms with van der Waals surface area (Å²) in [7, 11) is 2.31. The first kappa shape index (κ1) is 20.4. The number of carbonyl (C=O) groups is 1. The zero-order valence-corrected chi connectivity index (χ0v) is 18.6. The first-order valence-electron chi connectivity index (χ1n) is 9.39. The molecular weight excluding hydrogens is 424 g/mol. The third-order valence-corrected chi connectivity index (χ3v) is 7.54. The summed E-state index contributed by atoms with van der Waals surface area (Å²) >= 11 is 1.72. The highest BCUT2D eigenvalue weighted by Gasteiger charge is 2.49. The molecule has 3 fully saturated rings. The van der Waals surface area contributed by atoms with E-state index in [2.05, 4.69) is 38.3 Å². The van der Waals surface area contributed by atoms with Gasteiger partial charge >= 0.3 is 6.09 Å². The maximum atomic E-state index is 12.8. The summed E-state index contributed by atoms with van der Waals surface area (Å²) in [4.78, 5) is 15.1. The minimum atomic E-state index is -0.305. The monoisotopic (exact) mass is 450 g/mol. The molecule has 27 heavy (non-hydrogen) atoms. The van der Waals surface area contributed by atoms with Gasteiger partial charge in [-0.05, 0) is 25.0 Å². The molecule has 1 aromatic heterocycles. The van der Waals surface area contributed by atoms with Gasteiger partial charge in [0, 0.05) is 24.1 Å². The Bertz CT molecular complexity index is 810. The second kappa shape index (κ2) is 7.57. The Hall–Kier alpha value is -1.37. The Morgan fingerprint density at radius 2 is 1.70 bits per heavy atom. The number of nitrogens with zero attached hydrogens (tertiary/aromatic N) is 1. The molecule has 3 saturated heterocycles. The number of quaternary nitrogens is 1. The Balaban J connectivity index is 0.00000210. The predicted octanol–water partition coefficient (Wildman–Crippen LogP) is 1.97. The quantitative estimate of drug-likeness (QED) is 0.725. The molecule has 0 spiro atoms. The third kappa shape index (κ3) is 3.93. The van der Waals surface area contributed by atoms with Gasteiger partial charge in [0.2, 0.25) is 0 Å². The molecule has 0 aliphatic carbocycles. The number of halogens is 1. The third-order valence-electron chi connectivity index (χ3n) is 6.28. The summed E-state index contributed by atoms with van der Waals surface area (Å²) in [5.41, 5.74) is 2.89. The van der Waals surface area contributed by atoms with Gasteiger partial charge in [-0.15, -0.1) is 11.3 Å². The lowest BCUT2D eigenvalue weighted by atomic mass is 9.81. The molecule has 3 aliphatic rings. The summed E-state index contributed by atoms with van der Waals surface area (Å²) in [5.74, 6) is 0. The molecule has 5 rings (SSSR count). The van der Waals surface area contributed by atoms with E-state index in [9.17, 15) is 4.79 Å². The number of piperidine rings is 3. The number of carbonyl (C=O) groups excluding carboxylic acids is 1. The highest BCUT2D eigenvalue weighted by Crippen LogP contribution is 2.42. The van der Waals surface area contributed by atoms with Crippen molar-refractivity contribution in [3.05, 3.63) is 40.8 Å². The van der Waals surface area contributed by atoms with Crippen LogP contribution in [0.2, 0.25) is 0 Å². The lowest BCUT2D eigenvalue weighted by Crippen LogP contribution is -3.00. The van der Waals surface area contributed by atoms with E-state index >= 15 is 0 Å². The van der Waals surface area contributed by atoms with Crippen LogP contribution in [-0.4, -0.2) is 42.9 Å². The van der Waals surface area contributed by atoms with Crippen LogP contribution in [-0.2, 0) is 4.74 Å². The van der Waals surface area contributed by atoms with E-state index in [1.807, 2.05) is 18.2 Å². The van der Waals surface area contributed by atoms with Crippen LogP contribution in [0.1, 0.15) is 29.7 Å². The highest BCUT2D eigenvalue weighted by molar-refractivity contribution is 7.16. The average molecular weight is 451 g/mol. The van der Waals surface area contributed by atoms with Crippen LogP contribution in [0.5, 0.6) is 0 Å². The number of amides is 1. The molecule has 4 nitrogen and oxygen atoms in total. The number of anilines is 1. The average Bonchev–Trinajstić information content (AvgIpc) is 2.92. The molecule has 0 atom stereocenters. The molecule has 0 saturated carbocycles. The van der Waals surface area contributed by atoms with Gasteiger partial charge in [0.05, 0.1) is 37.2 Å². The van der Waals surface area contributed by atoms with Gasteiger partial charge in [0.1, 0.15) is 5.60 Å². The molecule has 1 amide bonds. The van der Waals surface area contributed by atoms with E-state index in [4.69, 9.17) is 4.74 Å². The van der Waals surface area contributed by atoms with Crippen LogP contribution >= 0.6 is 11.3 Å². The molecule has 4 heterocycles. The highest BCUT2D eigenvalue weighted by atomic mass is 79.9. The van der Waals surface area contributed by atoms with Crippen LogP contribution in [0.25, 0.3) is 10.4 Å². The van der Waals surface area contributed by atoms with E-state index in [1.54, 1.807) is 11.3 Å². The van der Waals surface area contributed by atoms with Crippen molar-refractivity contribution in [1.82, 2.24) is 0 Å². The molecule has 1 aromatic carbocycles. The second-order valence-corrected chi connectivity index (χ2v) is 9.32. The molecule has 0 radical (unpaired) electrons. The number of ether oxygens (including phenoxy) is 1. The van der Waals surface area contributed by atoms with Crippen molar-refractivity contribution in [2.24, 2.45) is 0 Å². The van der Waals surface area contributed by atoms with Gasteiger partial charge in [-0.2, -0.15) is 0 Å². The summed E-state index contributed by atoms with van der Waals surface area (Å²) < 4.78 is 7.15. The fraction of sp³-hybridized carbons (Fsp3) is 0.476. The summed E-state index contributed by atoms with van der Waals surface area (Å²) in [6.07, 6.45) is 2.62. The molecule has 6 heteroatoms. The standard InChI is InChI=1S/C21H26N2O2S.BrH/c1-15-16(2)26-19(17-7-5-4-6-8-17)18(15)22-20(24)25-21-9-12-23(3,13-10-21)14-11-21;/h4-8H,9-14H2,1-3H3;1H. The lowest BCUT2D eigenvalue weighted by molar-refractivity contribution is -0.926. The Morgan fingerprint density at radius 1 is 1.11 bits per heavy atom. The van der Waals surface area contributed by atoms with Crippen LogP contribution in [0, 0.1) is 13.8 Å². The number of hydrogen-bond donors (Lipinski definition) is 1. The van der Waals surface area contributed by atoms with E-state index in [0.29, 0.717) is 0 Å². The van der Waals surface area contributed by atoms with Crippen molar-refractivity contribution in [1.29, 1.82) is 0 Å². The molecular formula is C21H27BrN2O2S. The van der Waals surface area contributed by atoms with Gasteiger partial charge in [0.25, 0.3) is 0 Å². The summed E-state index contributed by atoms with van der Waals surface area (Å²) in [6.45, 7) is 7.50. The summed E-state index contributed by atoms with van der Waals surface area (Å²) in [6, 6.07) is 10.2. The number of aryl methyl sites for hydroxylation is 1. The van der Waals surface area contributed by atoms with Crippen LogP contribution in [0.4, 0.5) is 10.5 Å². The normalized spacial score (nSPS) is 26.3. The van der Waals surface area contributed by atoms with Gasteiger partial charge < -0.3 is 26.2 Å². The maximum Gasteiger partial charge on any atom is 0.412 e. The van der Waals surface area contributed by atoms with Gasteiger partial charge in [-0.3, -0.25) is 5.32 Å². The minimum Gasteiger partial charge on any atom is -1.00 e. The van der Waals surface area contributed by atoms with Gasteiger partial charge in [0.15, 0.2) is 0 Å². The van der Waals surface area contributed by atoms with Crippen molar-refractivity contribution in [3.8, 4) is 10.4 Å². The topological polar surface area (TPSA) is 38.3 Å². The zero-order chi connectivity index (χ0) is 18.4. The number of benzene rings is 1. The summed E-state index contributed by atoms with van der Waals surface area (Å²) in [5, 5.41) is 3.08. The zero-order valence-electron chi connectivity index (χ0n) is 16.2. The van der Waals surface area contributed by atoms with E-state index < -0.39 is 0 Å². The van der Waals surface area contributed by atoms with Crippen molar-refractivity contribution in [3.63, 3.8) is 0 Å². The van der Waals surface area contributed by atoms with Crippen molar-refractivity contribution in [2.75, 3.05) is 32.0 Å². The number of nitrogens with one attached hydrogen (secondary N) is 1. The molecule has 3 aliphatic heterocycles. The lowest BCUT2D eigenvalue weighted by Gasteiger charge is -2.51. The second-order valence-electron chi connectivity index (χ2n) is 8.09. The molecule has 146 valence electrons. The van der Waals surface area contributed by atoms with Gasteiger partial charge in [-0.25, -0.2) is 4.79 Å². The Morgan fingerprint density at radius 3 is 2.30 bits per heavy atom. The number of fused-ring (bicyclic) bond motifs is 3. The molecule has 1 N–H and O–H groups in total. The van der Waals surface area contributed by atoms with Crippen LogP contribution in [0.3, 0.4) is 0 Å². The first-order valence-corrected chi connectivity index (χ1v) is 10.2. The molecule has 2 bridgehead atoms. The Kier molecular flexibility index (Phi) is 5.71. The predicted molar refractivity (Wildman–Crippen MR) is 107 cm³/mol. The number of thiophene rings is 1. The number of rotatable bonds is 3. The molecule has 0 unspecified atom stereocenters. The minimum absolute atomic E-state index is 0. The van der Waals surface area contributed by atoms with Crippen molar-refractivity contribution in [2.45, 2.75) is 38.7 Å². The fourth-order valence-electron chi connectivity index (χ4n) is 4.18. The largest absolute Gasteiger partial charge is 1.00 e. The maximum absolute atomic E-state index is 12.8. The van der Waals surface area contributed by atoms with E-state index in [1.165, 1.54) is 4.88 Å². The van der Waals surface area contributed by atoms with Gasteiger partial charge in [-0.1, -0.05) is 30.3 Å². The van der Waals surface area contributed by atoms with Crippen LogP contribution in [0.15, 0.2) is 30.3 Å². The SMILES string of the molecule is Cc1sc(-c2ccccc2)c(NC(=O)OC23CC[N+](C)(CC2)CC3)c1C.[Br-]. The smallest absolute Gasteiger partial charge is 0.412 e. The fourth-order valence-corrected chi connectivity index (χ4v) is 5.30. The van der Waals surface area contributed by atoms with Crippen LogP contribution < -0.4 is 22.3 Å². The first-order chi connectivity index (χ1) is 12.4. The number of hydrogen-bond acceptors (Lipinski definition) is 3. The Labute approximate surface area is 175 Å². The van der Waals surface area contributed by atoms with E-state index in [-0.39, 0.29) is 28.7 Å². The van der Waals surface area contributed by atoms with E-state index in [0.717, 1.165) is 65.1 Å².